The number of pyridine rings is 2. The van der Waals surface area contributed by atoms with Crippen molar-refractivity contribution in [3.63, 3.8) is 0 Å². The van der Waals surface area contributed by atoms with Gasteiger partial charge in [-0.25, -0.2) is 4.98 Å². The van der Waals surface area contributed by atoms with Gasteiger partial charge in [0.15, 0.2) is 0 Å². The summed E-state index contributed by atoms with van der Waals surface area (Å²) in [4.78, 5) is 9.06. The Bertz CT molecular complexity index is 1120. The summed E-state index contributed by atoms with van der Waals surface area (Å²) < 4.78 is 6.11. The van der Waals surface area contributed by atoms with Gasteiger partial charge >= 0.3 is 0 Å². The molecule has 5 rings (SSSR count). The lowest BCUT2D eigenvalue weighted by Gasteiger charge is -2.32. The van der Waals surface area contributed by atoms with E-state index in [1.54, 1.807) is 6.20 Å². The number of hydrogen-bond donors (Lipinski definition) is 0. The minimum Gasteiger partial charge on any atom is -0.437 e. The Kier molecular flexibility index (Phi) is 3.78. The van der Waals surface area contributed by atoms with Crippen LogP contribution < -0.4 is 0 Å². The highest BCUT2D eigenvalue weighted by Gasteiger charge is 2.33. The zero-order chi connectivity index (χ0) is 18.4. The largest absolute Gasteiger partial charge is 0.437 e. The highest BCUT2D eigenvalue weighted by atomic mass is 16.3. The van der Waals surface area contributed by atoms with Crippen LogP contribution in [-0.2, 0) is 5.41 Å². The molecule has 136 valence electrons. The molecule has 1 fully saturated rings. The minimum absolute atomic E-state index is 0.164. The average molecular weight is 356 g/mol. The van der Waals surface area contributed by atoms with Gasteiger partial charge in [-0.05, 0) is 60.1 Å². The molecule has 0 spiro atoms. The molecule has 0 N–H and O–H groups in total. The standard InChI is InChI=1S/C24H24N2O/c1-24(2,16-7-3-4-8-16)17-12-14-25-21(15-17)20-10-5-9-18-19-11-6-13-26-23(19)27-22(18)20/h5-6,9-16H,3-4,7-8H2,1-2H3. The lowest BCUT2D eigenvalue weighted by Crippen LogP contribution is -2.26. The molecular formula is C24H24N2O. The molecule has 3 heterocycles. The normalized spacial score (nSPS) is 15.8. The third kappa shape index (κ3) is 2.64. The van der Waals surface area contributed by atoms with Crippen LogP contribution in [0.2, 0.25) is 0 Å². The maximum atomic E-state index is 6.11. The fraction of sp³-hybridized carbons (Fsp3) is 0.333. The topological polar surface area (TPSA) is 38.9 Å². The van der Waals surface area contributed by atoms with Crippen molar-refractivity contribution in [1.29, 1.82) is 0 Å². The average Bonchev–Trinajstić information content (AvgIpc) is 3.36. The molecule has 0 unspecified atom stereocenters. The Morgan fingerprint density at radius 3 is 2.59 bits per heavy atom. The highest BCUT2D eigenvalue weighted by Crippen LogP contribution is 2.43. The van der Waals surface area contributed by atoms with E-state index in [9.17, 15) is 0 Å². The van der Waals surface area contributed by atoms with Crippen molar-refractivity contribution in [2.75, 3.05) is 0 Å². The van der Waals surface area contributed by atoms with E-state index in [1.807, 2.05) is 12.3 Å². The Morgan fingerprint density at radius 1 is 0.926 bits per heavy atom. The van der Waals surface area contributed by atoms with Crippen LogP contribution in [0, 0.1) is 5.92 Å². The Morgan fingerprint density at radius 2 is 1.74 bits per heavy atom. The summed E-state index contributed by atoms with van der Waals surface area (Å²) in [5.74, 6) is 0.749. The lowest BCUT2D eigenvalue weighted by molar-refractivity contribution is 0.325. The van der Waals surface area contributed by atoms with Crippen molar-refractivity contribution in [3.8, 4) is 11.3 Å². The molecule has 27 heavy (non-hydrogen) atoms. The number of furan rings is 1. The molecule has 0 radical (unpaired) electrons. The van der Waals surface area contributed by atoms with E-state index in [2.05, 4.69) is 60.2 Å². The van der Waals surface area contributed by atoms with Gasteiger partial charge < -0.3 is 4.42 Å². The maximum absolute atomic E-state index is 6.11. The first kappa shape index (κ1) is 16.5. The van der Waals surface area contributed by atoms with Gasteiger partial charge in [0.1, 0.15) is 5.58 Å². The molecule has 0 bridgehead atoms. The predicted molar refractivity (Wildman–Crippen MR) is 110 cm³/mol. The van der Waals surface area contributed by atoms with Crippen molar-refractivity contribution in [1.82, 2.24) is 9.97 Å². The number of rotatable bonds is 3. The first-order chi connectivity index (χ1) is 13.1. The van der Waals surface area contributed by atoms with Gasteiger partial charge in [-0.2, -0.15) is 0 Å². The third-order valence-electron chi connectivity index (χ3n) is 6.43. The SMILES string of the molecule is CC(C)(c1ccnc(-c2cccc3c2oc2ncccc23)c1)C1CCCC1. The number of nitrogens with zero attached hydrogens (tertiary/aromatic N) is 2. The van der Waals surface area contributed by atoms with E-state index in [4.69, 9.17) is 4.42 Å². The van der Waals surface area contributed by atoms with Crippen molar-refractivity contribution < 1.29 is 4.42 Å². The Hall–Kier alpha value is -2.68. The van der Waals surface area contributed by atoms with Crippen molar-refractivity contribution in [3.05, 3.63) is 60.4 Å². The molecule has 3 aromatic heterocycles. The molecule has 0 atom stereocenters. The number of hydrogen-bond acceptors (Lipinski definition) is 3. The second kappa shape index (κ2) is 6.19. The van der Waals surface area contributed by atoms with Crippen LogP contribution in [0.15, 0.2) is 59.3 Å². The van der Waals surface area contributed by atoms with Gasteiger partial charge in [0.2, 0.25) is 5.71 Å². The molecule has 0 amide bonds. The summed E-state index contributed by atoms with van der Waals surface area (Å²) in [6, 6.07) is 14.7. The summed E-state index contributed by atoms with van der Waals surface area (Å²) >= 11 is 0. The molecule has 3 heteroatoms. The van der Waals surface area contributed by atoms with Gasteiger partial charge in [0, 0.05) is 28.7 Å². The molecule has 1 saturated carbocycles. The van der Waals surface area contributed by atoms with Crippen LogP contribution in [0.1, 0.15) is 45.1 Å². The number of benzene rings is 1. The molecular weight excluding hydrogens is 332 g/mol. The lowest BCUT2D eigenvalue weighted by atomic mass is 9.72. The molecule has 0 saturated heterocycles. The van der Waals surface area contributed by atoms with Crippen molar-refractivity contribution in [2.45, 2.75) is 44.9 Å². The van der Waals surface area contributed by atoms with Gasteiger partial charge in [-0.3, -0.25) is 4.98 Å². The summed E-state index contributed by atoms with van der Waals surface area (Å²) in [5.41, 5.74) is 5.10. The van der Waals surface area contributed by atoms with E-state index < -0.39 is 0 Å². The predicted octanol–water partition coefficient (Wildman–Crippen LogP) is 6.51. The van der Waals surface area contributed by atoms with Crippen LogP contribution in [0.4, 0.5) is 0 Å². The molecule has 1 aromatic carbocycles. The van der Waals surface area contributed by atoms with Gasteiger partial charge in [0.25, 0.3) is 0 Å². The number of para-hydroxylation sites is 1. The summed E-state index contributed by atoms with van der Waals surface area (Å²) in [6.07, 6.45) is 9.09. The monoisotopic (exact) mass is 356 g/mol. The quantitative estimate of drug-likeness (QED) is 0.420. The van der Waals surface area contributed by atoms with Crippen LogP contribution in [0.5, 0.6) is 0 Å². The third-order valence-corrected chi connectivity index (χ3v) is 6.43. The fourth-order valence-electron chi connectivity index (χ4n) is 4.70. The van der Waals surface area contributed by atoms with Crippen molar-refractivity contribution in [2.24, 2.45) is 5.92 Å². The number of aromatic nitrogens is 2. The van der Waals surface area contributed by atoms with Crippen LogP contribution in [0.3, 0.4) is 0 Å². The van der Waals surface area contributed by atoms with E-state index in [0.717, 1.165) is 33.5 Å². The second-order valence-electron chi connectivity index (χ2n) is 8.27. The molecule has 3 nitrogen and oxygen atoms in total. The van der Waals surface area contributed by atoms with Gasteiger partial charge in [-0.15, -0.1) is 0 Å². The molecule has 0 aliphatic heterocycles. The van der Waals surface area contributed by atoms with E-state index in [0.29, 0.717) is 5.71 Å². The van der Waals surface area contributed by atoms with Gasteiger partial charge in [-0.1, -0.05) is 38.8 Å². The molecule has 1 aliphatic rings. The fourth-order valence-corrected chi connectivity index (χ4v) is 4.70. The zero-order valence-electron chi connectivity index (χ0n) is 15.9. The minimum atomic E-state index is 0.164. The highest BCUT2D eigenvalue weighted by molar-refractivity contribution is 6.08. The van der Waals surface area contributed by atoms with Gasteiger partial charge in [0.05, 0.1) is 5.69 Å². The smallest absolute Gasteiger partial charge is 0.227 e. The van der Waals surface area contributed by atoms with E-state index in [-0.39, 0.29) is 5.41 Å². The van der Waals surface area contributed by atoms with Crippen LogP contribution >= 0.6 is 0 Å². The Labute approximate surface area is 159 Å². The first-order valence-corrected chi connectivity index (χ1v) is 9.88. The first-order valence-electron chi connectivity index (χ1n) is 9.88. The molecule has 4 aromatic rings. The summed E-state index contributed by atoms with van der Waals surface area (Å²) in [6.45, 7) is 4.77. The van der Waals surface area contributed by atoms with E-state index in [1.165, 1.54) is 31.2 Å². The van der Waals surface area contributed by atoms with Crippen LogP contribution in [0.25, 0.3) is 33.3 Å². The maximum Gasteiger partial charge on any atom is 0.227 e. The summed E-state index contributed by atoms with van der Waals surface area (Å²) in [7, 11) is 0. The molecule has 1 aliphatic carbocycles. The van der Waals surface area contributed by atoms with Crippen LogP contribution in [-0.4, -0.2) is 9.97 Å². The summed E-state index contributed by atoms with van der Waals surface area (Å²) in [5, 5.41) is 2.15. The zero-order valence-corrected chi connectivity index (χ0v) is 15.9. The Balaban J connectivity index is 1.65. The van der Waals surface area contributed by atoms with E-state index >= 15 is 0 Å². The van der Waals surface area contributed by atoms with Crippen molar-refractivity contribution >= 4 is 22.1 Å². The number of fused-ring (bicyclic) bond motifs is 3. The second-order valence-corrected chi connectivity index (χ2v) is 8.27.